The molecule has 1 unspecified atom stereocenters. The number of carbonyl (C=O) groups is 2. The van der Waals surface area contributed by atoms with Crippen LogP contribution in [-0.2, 0) is 9.59 Å². The van der Waals surface area contributed by atoms with Gasteiger partial charge in [-0.3, -0.25) is 9.59 Å². The summed E-state index contributed by atoms with van der Waals surface area (Å²) in [6, 6.07) is 0. The first-order chi connectivity index (χ1) is 7.96. The van der Waals surface area contributed by atoms with Crippen molar-refractivity contribution in [3.63, 3.8) is 0 Å². The fourth-order valence-electron chi connectivity index (χ4n) is 2.55. The molecule has 0 aromatic heterocycles. The highest BCUT2D eigenvalue weighted by Gasteiger charge is 2.33. The maximum atomic E-state index is 12.2. The Balaban J connectivity index is 2.56. The van der Waals surface area contributed by atoms with Gasteiger partial charge in [-0.05, 0) is 19.3 Å². The maximum absolute atomic E-state index is 12.2. The van der Waals surface area contributed by atoms with E-state index >= 15 is 0 Å². The zero-order chi connectivity index (χ0) is 12.9. The van der Waals surface area contributed by atoms with E-state index in [1.165, 1.54) is 12.8 Å². The second-order valence-electron chi connectivity index (χ2n) is 6.02. The largest absolute Gasteiger partial charge is 0.299 e. The molecule has 0 radical (unpaired) electrons. The van der Waals surface area contributed by atoms with Crippen LogP contribution in [0.3, 0.4) is 0 Å². The Morgan fingerprint density at radius 3 is 2.53 bits per heavy atom. The minimum atomic E-state index is -0.231. The Morgan fingerprint density at radius 1 is 1.24 bits per heavy atom. The fraction of sp³-hybridized carbons (Fsp3) is 0.867. The van der Waals surface area contributed by atoms with Crippen molar-refractivity contribution >= 4 is 11.6 Å². The molecule has 1 aliphatic rings. The van der Waals surface area contributed by atoms with Crippen LogP contribution < -0.4 is 0 Å². The topological polar surface area (TPSA) is 34.1 Å². The summed E-state index contributed by atoms with van der Waals surface area (Å²) >= 11 is 0. The van der Waals surface area contributed by atoms with Crippen LogP contribution >= 0.6 is 0 Å². The van der Waals surface area contributed by atoms with Gasteiger partial charge in [0.05, 0.1) is 0 Å². The third-order valence-corrected chi connectivity index (χ3v) is 4.12. The Kier molecular flexibility index (Phi) is 5.35. The Labute approximate surface area is 105 Å². The molecule has 1 saturated carbocycles. The van der Waals surface area contributed by atoms with Crippen molar-refractivity contribution in [2.24, 2.45) is 11.3 Å². The molecule has 0 amide bonds. The lowest BCUT2D eigenvalue weighted by Gasteiger charge is -2.30. The summed E-state index contributed by atoms with van der Waals surface area (Å²) in [4.78, 5) is 23.8. The molecule has 98 valence electrons. The monoisotopic (exact) mass is 238 g/mol. The molecule has 2 nitrogen and oxygen atoms in total. The van der Waals surface area contributed by atoms with Gasteiger partial charge in [-0.2, -0.15) is 0 Å². The standard InChI is InChI=1S/C15H26O2/c1-12(2)13(16)9-11-15(3)10-7-5-4-6-8-14(15)17/h12H,4-11H2,1-3H3. The van der Waals surface area contributed by atoms with Gasteiger partial charge >= 0.3 is 0 Å². The molecule has 2 heteroatoms. The quantitative estimate of drug-likeness (QED) is 0.744. The summed E-state index contributed by atoms with van der Waals surface area (Å²) in [5.41, 5.74) is -0.231. The number of hydrogen-bond acceptors (Lipinski definition) is 2. The molecule has 0 aromatic carbocycles. The van der Waals surface area contributed by atoms with Crippen molar-refractivity contribution in [3.8, 4) is 0 Å². The van der Waals surface area contributed by atoms with Gasteiger partial charge < -0.3 is 0 Å². The summed E-state index contributed by atoms with van der Waals surface area (Å²) in [5.74, 6) is 0.775. The predicted octanol–water partition coefficient (Wildman–Crippen LogP) is 3.92. The van der Waals surface area contributed by atoms with Crippen molar-refractivity contribution in [1.29, 1.82) is 0 Å². The molecule has 0 aliphatic heterocycles. The average Bonchev–Trinajstić information content (AvgIpc) is 2.28. The zero-order valence-electron chi connectivity index (χ0n) is 11.6. The van der Waals surface area contributed by atoms with Gasteiger partial charge in [0.1, 0.15) is 11.6 Å². The first-order valence-electron chi connectivity index (χ1n) is 7.02. The van der Waals surface area contributed by atoms with Crippen molar-refractivity contribution in [2.45, 2.75) is 72.1 Å². The fourth-order valence-corrected chi connectivity index (χ4v) is 2.55. The third-order valence-electron chi connectivity index (χ3n) is 4.12. The molecule has 1 fully saturated rings. The van der Waals surface area contributed by atoms with Crippen LogP contribution in [0.4, 0.5) is 0 Å². The van der Waals surface area contributed by atoms with Crippen molar-refractivity contribution in [1.82, 2.24) is 0 Å². The molecule has 0 heterocycles. The molecule has 17 heavy (non-hydrogen) atoms. The van der Waals surface area contributed by atoms with Gasteiger partial charge in [-0.1, -0.05) is 40.0 Å². The summed E-state index contributed by atoms with van der Waals surface area (Å²) in [5, 5.41) is 0. The highest BCUT2D eigenvalue weighted by Crippen LogP contribution is 2.35. The van der Waals surface area contributed by atoms with Gasteiger partial charge in [-0.15, -0.1) is 0 Å². The zero-order valence-corrected chi connectivity index (χ0v) is 11.6. The van der Waals surface area contributed by atoms with E-state index in [-0.39, 0.29) is 11.3 Å². The molecular weight excluding hydrogens is 212 g/mol. The van der Waals surface area contributed by atoms with E-state index in [9.17, 15) is 9.59 Å². The number of carbonyl (C=O) groups excluding carboxylic acids is 2. The van der Waals surface area contributed by atoms with Crippen molar-refractivity contribution in [3.05, 3.63) is 0 Å². The van der Waals surface area contributed by atoms with Crippen LogP contribution in [0.1, 0.15) is 72.1 Å². The van der Waals surface area contributed by atoms with Crippen molar-refractivity contribution in [2.75, 3.05) is 0 Å². The minimum Gasteiger partial charge on any atom is -0.299 e. The summed E-state index contributed by atoms with van der Waals surface area (Å²) < 4.78 is 0. The normalized spacial score (nSPS) is 26.7. The second kappa shape index (κ2) is 6.32. The molecule has 0 spiro atoms. The van der Waals surface area contributed by atoms with E-state index in [1.54, 1.807) is 0 Å². The van der Waals surface area contributed by atoms with Crippen LogP contribution in [0.15, 0.2) is 0 Å². The van der Waals surface area contributed by atoms with E-state index < -0.39 is 0 Å². The lowest BCUT2D eigenvalue weighted by atomic mass is 9.73. The minimum absolute atomic E-state index is 0.0993. The van der Waals surface area contributed by atoms with Gasteiger partial charge in [0.25, 0.3) is 0 Å². The molecule has 1 atom stereocenters. The summed E-state index contributed by atoms with van der Waals surface area (Å²) in [6.45, 7) is 5.93. The molecule has 1 aliphatic carbocycles. The second-order valence-corrected chi connectivity index (χ2v) is 6.02. The Bertz CT molecular complexity index is 281. The molecule has 0 aromatic rings. The molecule has 0 N–H and O–H groups in total. The van der Waals surface area contributed by atoms with Crippen LogP contribution in [0.2, 0.25) is 0 Å². The Morgan fingerprint density at radius 2 is 1.88 bits per heavy atom. The van der Waals surface area contributed by atoms with Crippen LogP contribution in [0.25, 0.3) is 0 Å². The third kappa shape index (κ3) is 4.25. The number of hydrogen-bond donors (Lipinski definition) is 0. The number of Topliss-reactive ketones (excluding diaryl/α,β-unsaturated/α-hetero) is 2. The Hall–Kier alpha value is -0.660. The number of rotatable bonds is 4. The van der Waals surface area contributed by atoms with Crippen LogP contribution in [0, 0.1) is 11.3 Å². The number of ketones is 2. The van der Waals surface area contributed by atoms with Crippen LogP contribution in [-0.4, -0.2) is 11.6 Å². The molecule has 1 rings (SSSR count). The molecular formula is C15H26O2. The smallest absolute Gasteiger partial charge is 0.138 e. The first kappa shape index (κ1) is 14.4. The van der Waals surface area contributed by atoms with Gasteiger partial charge in [0.15, 0.2) is 0 Å². The van der Waals surface area contributed by atoms with E-state index in [2.05, 4.69) is 6.92 Å². The summed E-state index contributed by atoms with van der Waals surface area (Å²) in [7, 11) is 0. The van der Waals surface area contributed by atoms with Crippen LogP contribution in [0.5, 0.6) is 0 Å². The predicted molar refractivity (Wildman–Crippen MR) is 69.9 cm³/mol. The highest BCUT2D eigenvalue weighted by molar-refractivity contribution is 5.86. The van der Waals surface area contributed by atoms with E-state index in [0.29, 0.717) is 24.4 Å². The van der Waals surface area contributed by atoms with Crippen molar-refractivity contribution < 1.29 is 9.59 Å². The highest BCUT2D eigenvalue weighted by atomic mass is 16.1. The lowest BCUT2D eigenvalue weighted by Crippen LogP contribution is -2.30. The SMILES string of the molecule is CC(C)C(=O)CCC1(C)CCCCCCC1=O. The first-order valence-corrected chi connectivity index (χ1v) is 7.02. The maximum Gasteiger partial charge on any atom is 0.138 e. The van der Waals surface area contributed by atoms with E-state index in [0.717, 1.165) is 25.7 Å². The molecule has 0 bridgehead atoms. The van der Waals surface area contributed by atoms with Gasteiger partial charge in [-0.25, -0.2) is 0 Å². The van der Waals surface area contributed by atoms with E-state index in [1.807, 2.05) is 13.8 Å². The van der Waals surface area contributed by atoms with E-state index in [4.69, 9.17) is 0 Å². The molecule has 0 saturated heterocycles. The lowest BCUT2D eigenvalue weighted by molar-refractivity contribution is -0.130. The average molecular weight is 238 g/mol. The van der Waals surface area contributed by atoms with Gasteiger partial charge in [0, 0.05) is 24.2 Å². The summed E-state index contributed by atoms with van der Waals surface area (Å²) in [6.07, 6.45) is 7.60. The van der Waals surface area contributed by atoms with Gasteiger partial charge in [0.2, 0.25) is 0 Å².